The van der Waals surface area contributed by atoms with E-state index in [1.165, 1.54) is 5.56 Å². The van der Waals surface area contributed by atoms with Crippen molar-refractivity contribution in [2.75, 3.05) is 6.54 Å². The van der Waals surface area contributed by atoms with Crippen molar-refractivity contribution in [3.8, 4) is 0 Å². The number of hydrogen-bond acceptors (Lipinski definition) is 2. The fourth-order valence-electron chi connectivity index (χ4n) is 1.42. The van der Waals surface area contributed by atoms with Gasteiger partial charge in [-0.15, -0.1) is 0 Å². The lowest BCUT2D eigenvalue weighted by molar-refractivity contribution is 0.240. The van der Waals surface area contributed by atoms with E-state index in [9.17, 15) is 4.79 Å². The maximum absolute atomic E-state index is 11.3. The SMILES string of the molecule is CCCNC(=O)NCc1ncccc1CC. The molecule has 1 rings (SSSR count). The first-order chi connectivity index (χ1) is 7.77. The Labute approximate surface area is 96.5 Å². The standard InChI is InChI=1S/C12H19N3O/c1-3-7-14-12(16)15-9-11-10(4-2)6-5-8-13-11/h5-6,8H,3-4,7,9H2,1-2H3,(H2,14,15,16). The molecule has 0 aromatic carbocycles. The number of aromatic nitrogens is 1. The van der Waals surface area contributed by atoms with E-state index in [-0.39, 0.29) is 6.03 Å². The summed E-state index contributed by atoms with van der Waals surface area (Å²) in [6.45, 7) is 5.29. The minimum atomic E-state index is -0.130. The summed E-state index contributed by atoms with van der Waals surface area (Å²) in [5, 5.41) is 5.56. The molecule has 0 atom stereocenters. The van der Waals surface area contributed by atoms with Gasteiger partial charge in [0.2, 0.25) is 0 Å². The molecule has 88 valence electrons. The number of carbonyl (C=O) groups excluding carboxylic acids is 1. The second-order valence-corrected chi connectivity index (χ2v) is 3.57. The molecule has 0 aliphatic carbocycles. The average molecular weight is 221 g/mol. The molecule has 0 aliphatic rings. The molecule has 0 radical (unpaired) electrons. The topological polar surface area (TPSA) is 54.0 Å². The zero-order valence-electron chi connectivity index (χ0n) is 9.92. The van der Waals surface area contributed by atoms with E-state index < -0.39 is 0 Å². The van der Waals surface area contributed by atoms with Gasteiger partial charge in [-0.3, -0.25) is 4.98 Å². The minimum absolute atomic E-state index is 0.130. The van der Waals surface area contributed by atoms with Crippen LogP contribution in [-0.2, 0) is 13.0 Å². The Hall–Kier alpha value is -1.58. The molecule has 0 bridgehead atoms. The van der Waals surface area contributed by atoms with Crippen molar-refractivity contribution in [3.63, 3.8) is 0 Å². The molecule has 0 saturated heterocycles. The Morgan fingerprint density at radius 3 is 2.88 bits per heavy atom. The molecule has 1 aromatic heterocycles. The van der Waals surface area contributed by atoms with E-state index in [0.29, 0.717) is 13.1 Å². The highest BCUT2D eigenvalue weighted by Gasteiger charge is 2.03. The highest BCUT2D eigenvalue weighted by Crippen LogP contribution is 2.05. The van der Waals surface area contributed by atoms with Crippen LogP contribution in [0.1, 0.15) is 31.5 Å². The summed E-state index contributed by atoms with van der Waals surface area (Å²) in [6.07, 6.45) is 3.62. The predicted molar refractivity (Wildman–Crippen MR) is 64.1 cm³/mol. The number of pyridine rings is 1. The van der Waals surface area contributed by atoms with Crippen LogP contribution in [0.4, 0.5) is 4.79 Å². The second-order valence-electron chi connectivity index (χ2n) is 3.57. The van der Waals surface area contributed by atoms with Crippen LogP contribution in [0.5, 0.6) is 0 Å². The molecule has 1 aromatic rings. The Kier molecular flexibility index (Phi) is 5.32. The zero-order valence-corrected chi connectivity index (χ0v) is 9.92. The highest BCUT2D eigenvalue weighted by atomic mass is 16.2. The third-order valence-electron chi connectivity index (χ3n) is 2.32. The van der Waals surface area contributed by atoms with Crippen molar-refractivity contribution in [2.45, 2.75) is 33.2 Å². The van der Waals surface area contributed by atoms with Gasteiger partial charge in [0.25, 0.3) is 0 Å². The highest BCUT2D eigenvalue weighted by molar-refractivity contribution is 5.73. The van der Waals surface area contributed by atoms with Crippen LogP contribution in [0.2, 0.25) is 0 Å². The number of nitrogens with zero attached hydrogens (tertiary/aromatic N) is 1. The van der Waals surface area contributed by atoms with Crippen LogP contribution < -0.4 is 10.6 Å². The molecule has 1 heterocycles. The summed E-state index contributed by atoms with van der Waals surface area (Å²) in [4.78, 5) is 15.6. The second kappa shape index (κ2) is 6.82. The van der Waals surface area contributed by atoms with Crippen molar-refractivity contribution >= 4 is 6.03 Å². The summed E-state index contributed by atoms with van der Waals surface area (Å²) in [7, 11) is 0. The molecule has 0 aliphatic heterocycles. The van der Waals surface area contributed by atoms with Crippen molar-refractivity contribution < 1.29 is 4.79 Å². The van der Waals surface area contributed by atoms with E-state index in [1.54, 1.807) is 6.20 Å². The van der Waals surface area contributed by atoms with Gasteiger partial charge < -0.3 is 10.6 Å². The average Bonchev–Trinajstić information content (AvgIpc) is 2.34. The first-order valence-corrected chi connectivity index (χ1v) is 5.72. The largest absolute Gasteiger partial charge is 0.338 e. The molecule has 4 heteroatoms. The van der Waals surface area contributed by atoms with Gasteiger partial charge in [0.05, 0.1) is 12.2 Å². The molecule has 16 heavy (non-hydrogen) atoms. The maximum Gasteiger partial charge on any atom is 0.315 e. The summed E-state index contributed by atoms with van der Waals surface area (Å²) in [5.41, 5.74) is 2.12. The van der Waals surface area contributed by atoms with E-state index in [2.05, 4.69) is 22.5 Å². The minimum Gasteiger partial charge on any atom is -0.338 e. The monoisotopic (exact) mass is 221 g/mol. The third-order valence-corrected chi connectivity index (χ3v) is 2.32. The molecule has 0 saturated carbocycles. The van der Waals surface area contributed by atoms with Gasteiger partial charge in [0, 0.05) is 12.7 Å². The molecule has 0 unspecified atom stereocenters. The van der Waals surface area contributed by atoms with Gasteiger partial charge in [-0.05, 0) is 24.5 Å². The number of amides is 2. The van der Waals surface area contributed by atoms with Gasteiger partial charge in [0.15, 0.2) is 0 Å². The summed E-state index contributed by atoms with van der Waals surface area (Å²) in [6, 6.07) is 3.82. The number of urea groups is 1. The van der Waals surface area contributed by atoms with Crippen molar-refractivity contribution in [1.29, 1.82) is 0 Å². The van der Waals surface area contributed by atoms with Gasteiger partial charge in [-0.2, -0.15) is 0 Å². The molecule has 4 nitrogen and oxygen atoms in total. The van der Waals surface area contributed by atoms with E-state index in [1.807, 2.05) is 19.1 Å². The van der Waals surface area contributed by atoms with Crippen LogP contribution in [0.25, 0.3) is 0 Å². The predicted octanol–water partition coefficient (Wildman–Crippen LogP) is 1.85. The van der Waals surface area contributed by atoms with Crippen molar-refractivity contribution in [1.82, 2.24) is 15.6 Å². The lowest BCUT2D eigenvalue weighted by Crippen LogP contribution is -2.35. The Balaban J connectivity index is 2.44. The van der Waals surface area contributed by atoms with Crippen molar-refractivity contribution in [2.24, 2.45) is 0 Å². The Morgan fingerprint density at radius 2 is 2.19 bits per heavy atom. The van der Waals surface area contributed by atoms with Crippen LogP contribution >= 0.6 is 0 Å². The van der Waals surface area contributed by atoms with Crippen LogP contribution in [0, 0.1) is 0 Å². The van der Waals surface area contributed by atoms with Gasteiger partial charge in [0.1, 0.15) is 0 Å². The van der Waals surface area contributed by atoms with E-state index in [4.69, 9.17) is 0 Å². The zero-order chi connectivity index (χ0) is 11.8. The molecule has 0 fully saturated rings. The molecule has 2 N–H and O–H groups in total. The first-order valence-electron chi connectivity index (χ1n) is 5.72. The van der Waals surface area contributed by atoms with E-state index >= 15 is 0 Å². The molecule has 2 amide bonds. The molecule has 0 spiro atoms. The number of rotatable bonds is 5. The van der Waals surface area contributed by atoms with Gasteiger partial charge >= 0.3 is 6.03 Å². The van der Waals surface area contributed by atoms with E-state index in [0.717, 1.165) is 18.5 Å². The smallest absolute Gasteiger partial charge is 0.315 e. The summed E-state index contributed by atoms with van der Waals surface area (Å²) in [5.74, 6) is 0. The normalized spacial score (nSPS) is 9.88. The maximum atomic E-state index is 11.3. The van der Waals surface area contributed by atoms with Crippen molar-refractivity contribution in [3.05, 3.63) is 29.6 Å². The Morgan fingerprint density at radius 1 is 1.38 bits per heavy atom. The van der Waals surface area contributed by atoms with Crippen LogP contribution in [0.15, 0.2) is 18.3 Å². The number of carbonyl (C=O) groups is 1. The lowest BCUT2D eigenvalue weighted by atomic mass is 10.1. The molecular formula is C12H19N3O. The molecular weight excluding hydrogens is 202 g/mol. The third kappa shape index (κ3) is 3.88. The number of nitrogens with one attached hydrogen (secondary N) is 2. The first kappa shape index (κ1) is 12.5. The van der Waals surface area contributed by atoms with Crippen LogP contribution in [-0.4, -0.2) is 17.6 Å². The fraction of sp³-hybridized carbons (Fsp3) is 0.500. The number of aryl methyl sites for hydroxylation is 1. The lowest BCUT2D eigenvalue weighted by Gasteiger charge is -2.08. The van der Waals surface area contributed by atoms with Crippen LogP contribution in [0.3, 0.4) is 0 Å². The summed E-state index contributed by atoms with van der Waals surface area (Å²) < 4.78 is 0. The number of hydrogen-bond donors (Lipinski definition) is 2. The Bertz CT molecular complexity index is 339. The van der Waals surface area contributed by atoms with Gasteiger partial charge in [-0.25, -0.2) is 4.79 Å². The quantitative estimate of drug-likeness (QED) is 0.797. The van der Waals surface area contributed by atoms with Gasteiger partial charge in [-0.1, -0.05) is 19.9 Å². The fourth-order valence-corrected chi connectivity index (χ4v) is 1.42. The summed E-state index contributed by atoms with van der Waals surface area (Å²) >= 11 is 0.